The van der Waals surface area contributed by atoms with Crippen LogP contribution in [0.4, 0.5) is 4.39 Å². The lowest BCUT2D eigenvalue weighted by molar-refractivity contribution is 0.582. The van der Waals surface area contributed by atoms with Crippen molar-refractivity contribution in [2.45, 2.75) is 19.9 Å². The molecule has 0 aliphatic carbocycles. The lowest BCUT2D eigenvalue weighted by atomic mass is 10.2. The molecule has 1 atom stereocenters. The molecule has 2 rings (SSSR count). The first-order valence-electron chi connectivity index (χ1n) is 5.36. The van der Waals surface area contributed by atoms with Crippen LogP contribution in [0, 0.1) is 12.7 Å². The first kappa shape index (κ1) is 11.7. The minimum absolute atomic E-state index is 0.00679. The molecule has 0 aliphatic rings. The van der Waals surface area contributed by atoms with E-state index >= 15 is 0 Å². The van der Waals surface area contributed by atoms with Crippen molar-refractivity contribution < 1.29 is 4.39 Å². The summed E-state index contributed by atoms with van der Waals surface area (Å²) in [6.45, 7) is 3.65. The highest BCUT2D eigenvalue weighted by Gasteiger charge is 2.16. The van der Waals surface area contributed by atoms with Crippen molar-refractivity contribution >= 4 is 0 Å². The second kappa shape index (κ2) is 4.58. The number of hydrogen-bond donors (Lipinski definition) is 1. The molecule has 0 saturated carbocycles. The predicted molar refractivity (Wildman–Crippen MR) is 61.3 cm³/mol. The average molecular weight is 235 g/mol. The average Bonchev–Trinajstić information content (AvgIpc) is 2.80. The van der Waals surface area contributed by atoms with Gasteiger partial charge in [-0.1, -0.05) is 6.07 Å². The first-order chi connectivity index (χ1) is 8.15. The van der Waals surface area contributed by atoms with Crippen molar-refractivity contribution in [3.8, 4) is 5.69 Å². The Morgan fingerprint density at radius 3 is 2.88 bits per heavy atom. The molecule has 1 N–H and O–H groups in total. The van der Waals surface area contributed by atoms with Crippen LogP contribution in [0.2, 0.25) is 0 Å². The molecule has 0 fully saturated rings. The number of nitrogens with zero attached hydrogens (tertiary/aromatic N) is 4. The van der Waals surface area contributed by atoms with E-state index in [0.717, 1.165) is 0 Å². The van der Waals surface area contributed by atoms with E-state index in [2.05, 4.69) is 20.8 Å². The summed E-state index contributed by atoms with van der Waals surface area (Å²) in [4.78, 5) is 0. The Balaban J connectivity index is 2.54. The number of rotatable bonds is 3. The van der Waals surface area contributed by atoms with Crippen molar-refractivity contribution in [3.63, 3.8) is 0 Å². The molecule has 0 bridgehead atoms. The van der Waals surface area contributed by atoms with Gasteiger partial charge in [0.1, 0.15) is 5.82 Å². The zero-order valence-corrected chi connectivity index (χ0v) is 9.98. The van der Waals surface area contributed by atoms with E-state index in [-0.39, 0.29) is 11.9 Å². The third-order valence-corrected chi connectivity index (χ3v) is 2.78. The molecule has 90 valence electrons. The maximum Gasteiger partial charge on any atom is 0.173 e. The highest BCUT2D eigenvalue weighted by molar-refractivity contribution is 5.40. The van der Waals surface area contributed by atoms with Crippen LogP contribution >= 0.6 is 0 Å². The molecule has 0 spiro atoms. The molecule has 5 nitrogen and oxygen atoms in total. The molecule has 2 aromatic rings. The van der Waals surface area contributed by atoms with Crippen molar-refractivity contribution in [2.24, 2.45) is 0 Å². The molecule has 1 aromatic carbocycles. The minimum atomic E-state index is -0.263. The maximum absolute atomic E-state index is 13.5. The largest absolute Gasteiger partial charge is 0.311 e. The van der Waals surface area contributed by atoms with Gasteiger partial charge < -0.3 is 5.32 Å². The molecular formula is C11H14FN5. The van der Waals surface area contributed by atoms with E-state index in [4.69, 9.17) is 0 Å². The second-order valence-corrected chi connectivity index (χ2v) is 3.84. The van der Waals surface area contributed by atoms with Gasteiger partial charge >= 0.3 is 0 Å². The summed E-state index contributed by atoms with van der Waals surface area (Å²) in [5.41, 5.74) is 1.19. The minimum Gasteiger partial charge on any atom is -0.311 e. The summed E-state index contributed by atoms with van der Waals surface area (Å²) in [5, 5.41) is 14.6. The van der Waals surface area contributed by atoms with Crippen LogP contribution in [0.25, 0.3) is 5.69 Å². The number of hydrogen-bond acceptors (Lipinski definition) is 4. The summed E-state index contributed by atoms with van der Waals surface area (Å²) in [6.07, 6.45) is 0. The van der Waals surface area contributed by atoms with Gasteiger partial charge in [0, 0.05) is 5.56 Å². The zero-order chi connectivity index (χ0) is 12.4. The standard InChI is InChI=1S/C11H14FN5/c1-7-9(12)5-4-6-10(7)17-11(8(2)13-3)14-15-16-17/h4-6,8,13H,1-3H3. The molecule has 0 aliphatic heterocycles. The molecule has 1 aromatic heterocycles. The van der Waals surface area contributed by atoms with Crippen molar-refractivity contribution in [3.05, 3.63) is 35.4 Å². The van der Waals surface area contributed by atoms with E-state index < -0.39 is 0 Å². The Morgan fingerprint density at radius 2 is 2.18 bits per heavy atom. The molecule has 1 unspecified atom stereocenters. The fourth-order valence-corrected chi connectivity index (χ4v) is 1.59. The van der Waals surface area contributed by atoms with E-state index in [9.17, 15) is 4.39 Å². The Bertz CT molecular complexity index is 522. The van der Waals surface area contributed by atoms with Crippen molar-refractivity contribution in [1.29, 1.82) is 0 Å². The molecule has 0 radical (unpaired) electrons. The third kappa shape index (κ3) is 2.03. The SMILES string of the molecule is CNC(C)c1nnnn1-c1cccc(F)c1C. The number of halogens is 1. The van der Waals surface area contributed by atoms with Crippen LogP contribution in [0.5, 0.6) is 0 Å². The van der Waals surface area contributed by atoms with Crippen LogP contribution < -0.4 is 5.32 Å². The molecule has 1 heterocycles. The zero-order valence-electron chi connectivity index (χ0n) is 9.98. The quantitative estimate of drug-likeness (QED) is 0.873. The van der Waals surface area contributed by atoms with Crippen LogP contribution in [-0.4, -0.2) is 27.3 Å². The molecule has 17 heavy (non-hydrogen) atoms. The van der Waals surface area contributed by atoms with E-state index in [0.29, 0.717) is 17.1 Å². The highest BCUT2D eigenvalue weighted by atomic mass is 19.1. The van der Waals surface area contributed by atoms with Crippen molar-refractivity contribution in [1.82, 2.24) is 25.5 Å². The Labute approximate surface area is 98.6 Å². The predicted octanol–water partition coefficient (Wildman–Crippen LogP) is 1.39. The van der Waals surface area contributed by atoms with Crippen LogP contribution in [0.3, 0.4) is 0 Å². The van der Waals surface area contributed by atoms with E-state index in [1.54, 1.807) is 23.7 Å². The van der Waals surface area contributed by atoms with Crippen LogP contribution in [0.1, 0.15) is 24.4 Å². The lowest BCUT2D eigenvalue weighted by Crippen LogP contribution is -2.18. The Morgan fingerprint density at radius 1 is 1.41 bits per heavy atom. The van der Waals surface area contributed by atoms with Gasteiger partial charge in [-0.15, -0.1) is 5.10 Å². The van der Waals surface area contributed by atoms with Gasteiger partial charge in [0.15, 0.2) is 5.82 Å². The van der Waals surface area contributed by atoms with Gasteiger partial charge in [0.25, 0.3) is 0 Å². The molecule has 6 heteroatoms. The highest BCUT2D eigenvalue weighted by Crippen LogP contribution is 2.19. The monoisotopic (exact) mass is 235 g/mol. The molecule has 0 amide bonds. The van der Waals surface area contributed by atoms with E-state index in [1.165, 1.54) is 6.07 Å². The van der Waals surface area contributed by atoms with Gasteiger partial charge in [-0.25, -0.2) is 4.39 Å². The lowest BCUT2D eigenvalue weighted by Gasteiger charge is -2.12. The molecule has 0 saturated heterocycles. The van der Waals surface area contributed by atoms with Crippen LogP contribution in [-0.2, 0) is 0 Å². The summed E-state index contributed by atoms with van der Waals surface area (Å²) in [5.74, 6) is 0.391. The van der Waals surface area contributed by atoms with Gasteiger partial charge in [0.2, 0.25) is 0 Å². The first-order valence-corrected chi connectivity index (χ1v) is 5.36. The Kier molecular flexibility index (Phi) is 3.14. The van der Waals surface area contributed by atoms with Gasteiger partial charge in [0.05, 0.1) is 11.7 Å². The van der Waals surface area contributed by atoms with Gasteiger partial charge in [-0.05, 0) is 43.5 Å². The number of nitrogens with one attached hydrogen (secondary N) is 1. The normalized spacial score (nSPS) is 12.7. The van der Waals surface area contributed by atoms with Gasteiger partial charge in [-0.3, -0.25) is 0 Å². The topological polar surface area (TPSA) is 55.6 Å². The van der Waals surface area contributed by atoms with Crippen molar-refractivity contribution in [2.75, 3.05) is 7.05 Å². The van der Waals surface area contributed by atoms with Gasteiger partial charge in [-0.2, -0.15) is 4.68 Å². The number of benzene rings is 1. The summed E-state index contributed by atoms with van der Waals surface area (Å²) < 4.78 is 15.0. The maximum atomic E-state index is 13.5. The third-order valence-electron chi connectivity index (χ3n) is 2.78. The van der Waals surface area contributed by atoms with E-state index in [1.807, 2.05) is 14.0 Å². The fourth-order valence-electron chi connectivity index (χ4n) is 1.59. The summed E-state index contributed by atoms with van der Waals surface area (Å²) in [7, 11) is 1.82. The number of aromatic nitrogens is 4. The summed E-state index contributed by atoms with van der Waals surface area (Å²) in [6, 6.07) is 4.85. The smallest absolute Gasteiger partial charge is 0.173 e. The second-order valence-electron chi connectivity index (χ2n) is 3.84. The Hall–Kier alpha value is -1.82. The fraction of sp³-hybridized carbons (Fsp3) is 0.364. The number of tetrazole rings is 1. The summed E-state index contributed by atoms with van der Waals surface area (Å²) >= 11 is 0. The molecular weight excluding hydrogens is 221 g/mol. The van der Waals surface area contributed by atoms with Crippen LogP contribution in [0.15, 0.2) is 18.2 Å².